The summed E-state index contributed by atoms with van der Waals surface area (Å²) in [6, 6.07) is 18.5. The van der Waals surface area contributed by atoms with Gasteiger partial charge < -0.3 is 4.90 Å². The molecule has 1 N–H and O–H groups in total. The molecule has 0 saturated carbocycles. The zero-order valence-corrected chi connectivity index (χ0v) is 20.0. The maximum Gasteiger partial charge on any atom is 0.143 e. The minimum atomic E-state index is -3.09. The Bertz CT molecular complexity index is 1260. The molecule has 0 aliphatic carbocycles. The van der Waals surface area contributed by atoms with E-state index < -0.39 is 15.7 Å². The first-order valence-corrected chi connectivity index (χ1v) is 12.7. The van der Waals surface area contributed by atoms with Crippen molar-refractivity contribution in [1.29, 1.82) is 0 Å². The Hall–Kier alpha value is -2.12. The molecule has 0 bridgehead atoms. The minimum Gasteiger partial charge on any atom is -0.341 e. The van der Waals surface area contributed by atoms with Gasteiger partial charge in [-0.3, -0.25) is 0 Å². The molecule has 0 saturated heterocycles. The van der Waals surface area contributed by atoms with Crippen molar-refractivity contribution in [2.45, 2.75) is 24.2 Å². The van der Waals surface area contributed by atoms with Gasteiger partial charge in [-0.2, -0.15) is 0 Å². The van der Waals surface area contributed by atoms with Gasteiger partial charge in [0.25, 0.3) is 0 Å². The van der Waals surface area contributed by atoms with Gasteiger partial charge in [0, 0.05) is 41.6 Å². The quantitative estimate of drug-likeness (QED) is 0.404. The fourth-order valence-electron chi connectivity index (χ4n) is 4.01. The molecule has 1 unspecified atom stereocenters. The molecule has 32 heavy (non-hydrogen) atoms. The van der Waals surface area contributed by atoms with Crippen molar-refractivity contribution in [2.75, 3.05) is 25.0 Å². The Morgan fingerprint density at radius 2 is 1.69 bits per heavy atom. The number of nitrogens with one attached hydrogen (secondary N) is 1. The maximum atomic E-state index is 14.4. The Morgan fingerprint density at radius 3 is 2.44 bits per heavy atom. The van der Waals surface area contributed by atoms with Gasteiger partial charge in [0.05, 0.1) is 4.90 Å². The highest BCUT2D eigenvalue weighted by atomic mass is 35.5. The molecule has 0 spiro atoms. The second-order valence-electron chi connectivity index (χ2n) is 7.58. The number of hydrogen-bond donors (Lipinski definition) is 1. The summed E-state index contributed by atoms with van der Waals surface area (Å²) < 4.78 is 34.5. The lowest BCUT2D eigenvalue weighted by atomic mass is 10.0. The Labute approximate surface area is 198 Å². The van der Waals surface area contributed by atoms with Crippen LogP contribution in [0.2, 0.25) is 10.0 Å². The molecule has 0 radical (unpaired) electrons. The van der Waals surface area contributed by atoms with E-state index in [0.29, 0.717) is 24.5 Å². The van der Waals surface area contributed by atoms with E-state index in [0.717, 1.165) is 30.3 Å². The van der Waals surface area contributed by atoms with E-state index in [1.54, 1.807) is 0 Å². The number of rotatable bonds is 6. The molecule has 4 nitrogen and oxygen atoms in total. The first kappa shape index (κ1) is 23.1. The van der Waals surface area contributed by atoms with Crippen LogP contribution in [0.15, 0.2) is 69.9 Å². The van der Waals surface area contributed by atoms with Gasteiger partial charge in [-0.1, -0.05) is 47.5 Å². The van der Waals surface area contributed by atoms with Crippen LogP contribution in [0.25, 0.3) is 0 Å². The molecule has 0 amide bonds. The van der Waals surface area contributed by atoms with E-state index in [1.807, 2.05) is 18.2 Å². The molecule has 0 fully saturated rings. The van der Waals surface area contributed by atoms with Crippen LogP contribution in [0, 0.1) is 5.82 Å². The van der Waals surface area contributed by atoms with E-state index >= 15 is 0 Å². The van der Waals surface area contributed by atoms with Gasteiger partial charge in [0.15, 0.2) is 0 Å². The van der Waals surface area contributed by atoms with Gasteiger partial charge in [-0.05, 0) is 66.8 Å². The summed E-state index contributed by atoms with van der Waals surface area (Å²) in [6.07, 6.45) is 2.57. The highest BCUT2D eigenvalue weighted by molar-refractivity contribution is 7.91. The molecule has 8 heteroatoms. The minimum absolute atomic E-state index is 0.0154. The smallest absolute Gasteiger partial charge is 0.143 e. The van der Waals surface area contributed by atoms with Crippen LogP contribution in [-0.2, 0) is 22.8 Å². The average molecular weight is 492 g/mol. The van der Waals surface area contributed by atoms with E-state index in [1.165, 1.54) is 30.3 Å². The lowest BCUT2D eigenvalue weighted by molar-refractivity contribution is 0.590. The van der Waals surface area contributed by atoms with Crippen molar-refractivity contribution >= 4 is 44.5 Å². The van der Waals surface area contributed by atoms with E-state index in [-0.39, 0.29) is 9.92 Å². The zero-order chi connectivity index (χ0) is 22.7. The predicted molar refractivity (Wildman–Crippen MR) is 131 cm³/mol. The van der Waals surface area contributed by atoms with Gasteiger partial charge in [0.1, 0.15) is 15.7 Å². The molecule has 0 aromatic heterocycles. The molecule has 1 atom stereocenters. The van der Waals surface area contributed by atoms with Crippen molar-refractivity contribution < 1.29 is 8.60 Å². The molecule has 1 aliphatic heterocycles. The lowest BCUT2D eigenvalue weighted by Gasteiger charge is -2.27. The number of halogens is 3. The van der Waals surface area contributed by atoms with Crippen LogP contribution in [0.3, 0.4) is 0 Å². The van der Waals surface area contributed by atoms with E-state index in [2.05, 4.69) is 38.3 Å². The Morgan fingerprint density at radius 1 is 1.00 bits per heavy atom. The molecule has 3 aromatic rings. The summed E-state index contributed by atoms with van der Waals surface area (Å²) >= 11 is 12.2. The summed E-state index contributed by atoms with van der Waals surface area (Å²) in [5, 5.41) is 0.943. The molecular formula is C24H24Cl2FN3OS. The number of para-hydroxylation sites is 1. The first-order chi connectivity index (χ1) is 15.4. The van der Waals surface area contributed by atoms with Crippen molar-refractivity contribution in [3.8, 4) is 0 Å². The second kappa shape index (κ2) is 9.79. The Balaban J connectivity index is 1.54. The number of anilines is 2. The summed E-state index contributed by atoms with van der Waals surface area (Å²) in [5.41, 5.74) is 4.77. The third-order valence-corrected chi connectivity index (χ3v) is 8.10. The largest absolute Gasteiger partial charge is 0.341 e. The highest BCUT2D eigenvalue weighted by Crippen LogP contribution is 2.37. The standard InChI is InChI=1S/C24H24Cl2FN3OS/c1-28-32(31,24-12-11-19(25)15-21(24)27)29-13-4-14-30-22-6-3-2-5-17(22)7-8-18-9-10-20(26)16-23(18)30/h2-3,5-6,9-12,15-16H,4,7-8,13-14H2,1H3,(H,28,29,31). The topological polar surface area (TPSA) is 44.7 Å². The molecule has 4 rings (SSSR count). The molecule has 1 heterocycles. The number of hydrogen-bond acceptors (Lipinski definition) is 3. The summed E-state index contributed by atoms with van der Waals surface area (Å²) in [4.78, 5) is 2.28. The van der Waals surface area contributed by atoms with E-state index in [9.17, 15) is 8.60 Å². The number of fused-ring (bicyclic) bond motifs is 2. The number of nitrogens with zero attached hydrogens (tertiary/aromatic N) is 2. The lowest BCUT2D eigenvalue weighted by Crippen LogP contribution is -2.29. The normalized spacial score (nSPS) is 14.8. The van der Waals surface area contributed by atoms with Crippen LogP contribution >= 0.6 is 23.2 Å². The summed E-state index contributed by atoms with van der Waals surface area (Å²) in [5.74, 6) is -0.634. The van der Waals surface area contributed by atoms with Gasteiger partial charge in [-0.25, -0.2) is 17.7 Å². The van der Waals surface area contributed by atoms with Gasteiger partial charge in [0.2, 0.25) is 0 Å². The highest BCUT2D eigenvalue weighted by Gasteiger charge is 2.21. The van der Waals surface area contributed by atoms with Crippen LogP contribution in [0.1, 0.15) is 17.5 Å². The molecule has 3 aromatic carbocycles. The maximum absolute atomic E-state index is 14.4. The first-order valence-electron chi connectivity index (χ1n) is 10.4. The van der Waals surface area contributed by atoms with Crippen molar-refractivity contribution in [3.05, 3.63) is 87.7 Å². The molecule has 168 valence electrons. The van der Waals surface area contributed by atoms with Crippen molar-refractivity contribution in [2.24, 2.45) is 4.36 Å². The summed E-state index contributed by atoms with van der Waals surface area (Å²) in [7, 11) is -1.67. The second-order valence-corrected chi connectivity index (χ2v) is 10.6. The fourth-order valence-corrected chi connectivity index (χ4v) is 5.82. The van der Waals surface area contributed by atoms with Crippen LogP contribution < -0.4 is 9.62 Å². The van der Waals surface area contributed by atoms with Crippen molar-refractivity contribution in [3.63, 3.8) is 0 Å². The fraction of sp³-hybridized carbons (Fsp3) is 0.250. The van der Waals surface area contributed by atoms with Gasteiger partial charge in [-0.15, -0.1) is 0 Å². The van der Waals surface area contributed by atoms with Crippen LogP contribution in [0.5, 0.6) is 0 Å². The Kier molecular flexibility index (Phi) is 7.05. The number of benzene rings is 3. The average Bonchev–Trinajstić information content (AvgIpc) is 2.93. The number of aryl methyl sites for hydroxylation is 2. The SMILES string of the molecule is CN=S(=O)(NCCCN1c2ccccc2CCc2ccc(Cl)cc21)c1ccc(Cl)cc1F. The monoisotopic (exact) mass is 491 g/mol. The predicted octanol–water partition coefficient (Wildman–Crippen LogP) is 6.42. The zero-order valence-electron chi connectivity index (χ0n) is 17.7. The van der Waals surface area contributed by atoms with Crippen molar-refractivity contribution in [1.82, 2.24) is 4.72 Å². The molecular weight excluding hydrogens is 468 g/mol. The van der Waals surface area contributed by atoms with Crippen LogP contribution in [0.4, 0.5) is 15.8 Å². The third kappa shape index (κ3) is 4.79. The molecule has 1 aliphatic rings. The van der Waals surface area contributed by atoms with Crippen LogP contribution in [-0.4, -0.2) is 24.3 Å². The van der Waals surface area contributed by atoms with Gasteiger partial charge >= 0.3 is 0 Å². The van der Waals surface area contributed by atoms with E-state index in [4.69, 9.17) is 23.2 Å². The third-order valence-electron chi connectivity index (χ3n) is 5.59. The summed E-state index contributed by atoms with van der Waals surface area (Å²) in [6.45, 7) is 1.08.